The second-order valence-electron chi connectivity index (χ2n) is 5.37. The highest BCUT2D eigenvalue weighted by molar-refractivity contribution is 7.11. The van der Waals surface area contributed by atoms with Crippen molar-refractivity contribution >= 4 is 17.2 Å². The first-order valence-electron chi connectivity index (χ1n) is 6.74. The first-order valence-corrected chi connectivity index (χ1v) is 7.55. The van der Waals surface area contributed by atoms with Crippen LogP contribution < -0.4 is 4.90 Å². The van der Waals surface area contributed by atoms with E-state index in [1.165, 1.54) is 22.6 Å². The molecule has 0 radical (unpaired) electrons. The molecule has 1 saturated carbocycles. The van der Waals surface area contributed by atoms with Crippen LogP contribution in [-0.2, 0) is 6.54 Å². The van der Waals surface area contributed by atoms with Gasteiger partial charge in [0.25, 0.3) is 0 Å². The predicted molar refractivity (Wildman–Crippen MR) is 79.9 cm³/mol. The Balaban J connectivity index is 1.80. The maximum atomic E-state index is 4.72. The molecule has 2 aromatic rings. The Labute approximate surface area is 118 Å². The van der Waals surface area contributed by atoms with Crippen LogP contribution in [0, 0.1) is 13.8 Å². The molecule has 4 heteroatoms. The lowest BCUT2D eigenvalue weighted by molar-refractivity contribution is 0.850. The Hall–Kier alpha value is -1.42. The van der Waals surface area contributed by atoms with Crippen molar-refractivity contribution in [2.75, 3.05) is 11.9 Å². The van der Waals surface area contributed by atoms with Crippen LogP contribution in [0.15, 0.2) is 18.2 Å². The lowest BCUT2D eigenvalue weighted by Gasteiger charge is -2.18. The van der Waals surface area contributed by atoms with Crippen molar-refractivity contribution in [2.24, 2.45) is 0 Å². The molecule has 3 nitrogen and oxygen atoms in total. The summed E-state index contributed by atoms with van der Waals surface area (Å²) in [4.78, 5) is 14.2. The summed E-state index contributed by atoms with van der Waals surface area (Å²) in [7, 11) is 2.10. The van der Waals surface area contributed by atoms with Gasteiger partial charge in [0.05, 0.1) is 6.54 Å². The molecular weight excluding hydrogens is 254 g/mol. The number of aromatic nitrogens is 2. The van der Waals surface area contributed by atoms with Crippen LogP contribution in [0.3, 0.4) is 0 Å². The minimum absolute atomic E-state index is 0.607. The van der Waals surface area contributed by atoms with E-state index in [-0.39, 0.29) is 0 Å². The molecule has 0 unspecified atom stereocenters. The van der Waals surface area contributed by atoms with Crippen LogP contribution in [0.4, 0.5) is 5.82 Å². The second kappa shape index (κ2) is 4.93. The topological polar surface area (TPSA) is 29.0 Å². The highest BCUT2D eigenvalue weighted by Crippen LogP contribution is 2.38. The Morgan fingerprint density at radius 2 is 2.05 bits per heavy atom. The van der Waals surface area contributed by atoms with E-state index < -0.39 is 0 Å². The first kappa shape index (κ1) is 12.6. The third-order valence-corrected chi connectivity index (χ3v) is 4.37. The molecule has 0 saturated heterocycles. The summed E-state index contributed by atoms with van der Waals surface area (Å²) in [6.07, 6.45) is 2.49. The van der Waals surface area contributed by atoms with E-state index in [1.807, 2.05) is 11.3 Å². The van der Waals surface area contributed by atoms with Gasteiger partial charge in [-0.2, -0.15) is 0 Å². The van der Waals surface area contributed by atoms with Crippen molar-refractivity contribution in [2.45, 2.75) is 39.2 Å². The number of thiophene rings is 1. The maximum absolute atomic E-state index is 4.72. The minimum Gasteiger partial charge on any atom is -0.354 e. The number of hydrogen-bond donors (Lipinski definition) is 0. The Kier molecular flexibility index (Phi) is 3.27. The fourth-order valence-corrected chi connectivity index (χ4v) is 3.12. The molecule has 100 valence electrons. The molecule has 0 N–H and O–H groups in total. The molecule has 0 amide bonds. The van der Waals surface area contributed by atoms with E-state index >= 15 is 0 Å². The third-order valence-electron chi connectivity index (χ3n) is 3.38. The van der Waals surface area contributed by atoms with Gasteiger partial charge in [-0.3, -0.25) is 0 Å². The Morgan fingerprint density at radius 3 is 2.68 bits per heavy atom. The van der Waals surface area contributed by atoms with E-state index in [0.29, 0.717) is 5.92 Å². The number of rotatable bonds is 4. The Morgan fingerprint density at radius 1 is 1.26 bits per heavy atom. The zero-order valence-corrected chi connectivity index (χ0v) is 12.5. The van der Waals surface area contributed by atoms with E-state index in [4.69, 9.17) is 4.98 Å². The SMILES string of the molecule is Cc1cc(N(C)Cc2ccc(C)s2)nc(C2CC2)n1. The molecule has 1 aliphatic carbocycles. The van der Waals surface area contributed by atoms with Crippen LogP contribution in [0.1, 0.15) is 40.0 Å². The summed E-state index contributed by atoms with van der Waals surface area (Å²) >= 11 is 1.85. The first-order chi connectivity index (χ1) is 9.11. The van der Waals surface area contributed by atoms with E-state index in [2.05, 4.69) is 49.0 Å². The van der Waals surface area contributed by atoms with Crippen molar-refractivity contribution < 1.29 is 0 Å². The normalized spacial score (nSPS) is 14.7. The highest BCUT2D eigenvalue weighted by atomic mass is 32.1. The van der Waals surface area contributed by atoms with Crippen molar-refractivity contribution in [1.82, 2.24) is 9.97 Å². The van der Waals surface area contributed by atoms with Crippen LogP contribution in [0.2, 0.25) is 0 Å². The number of nitrogens with zero attached hydrogens (tertiary/aromatic N) is 3. The molecular formula is C15H19N3S. The van der Waals surface area contributed by atoms with Gasteiger partial charge in [0.1, 0.15) is 11.6 Å². The predicted octanol–water partition coefficient (Wildman–Crippen LogP) is 3.67. The molecule has 2 aromatic heterocycles. The average Bonchev–Trinajstić information content (AvgIpc) is 3.13. The molecule has 2 heterocycles. The summed E-state index contributed by atoms with van der Waals surface area (Å²) in [5.74, 6) is 2.68. The molecule has 1 aliphatic rings. The number of hydrogen-bond acceptors (Lipinski definition) is 4. The quantitative estimate of drug-likeness (QED) is 0.851. The van der Waals surface area contributed by atoms with E-state index in [1.54, 1.807) is 0 Å². The summed E-state index contributed by atoms with van der Waals surface area (Å²) in [6.45, 7) is 5.12. The second-order valence-corrected chi connectivity index (χ2v) is 6.74. The van der Waals surface area contributed by atoms with Crippen molar-refractivity contribution in [3.05, 3.63) is 39.5 Å². The monoisotopic (exact) mass is 273 g/mol. The summed E-state index contributed by atoms with van der Waals surface area (Å²) < 4.78 is 0. The van der Waals surface area contributed by atoms with Gasteiger partial charge < -0.3 is 4.90 Å². The summed E-state index contributed by atoms with van der Waals surface area (Å²) in [5, 5.41) is 0. The Bertz CT molecular complexity index is 587. The van der Waals surface area contributed by atoms with Gasteiger partial charge in [-0.1, -0.05) is 0 Å². The number of aryl methyl sites for hydroxylation is 2. The van der Waals surface area contributed by atoms with Gasteiger partial charge in [0.2, 0.25) is 0 Å². The lowest BCUT2D eigenvalue weighted by Crippen LogP contribution is -2.18. The third kappa shape index (κ3) is 2.95. The lowest BCUT2D eigenvalue weighted by atomic mass is 10.3. The molecule has 0 aromatic carbocycles. The highest BCUT2D eigenvalue weighted by Gasteiger charge is 2.27. The van der Waals surface area contributed by atoms with Gasteiger partial charge in [-0.05, 0) is 38.8 Å². The average molecular weight is 273 g/mol. The van der Waals surface area contributed by atoms with Crippen LogP contribution in [-0.4, -0.2) is 17.0 Å². The van der Waals surface area contributed by atoms with E-state index in [0.717, 1.165) is 23.9 Å². The molecule has 0 bridgehead atoms. The maximum Gasteiger partial charge on any atom is 0.134 e. The largest absolute Gasteiger partial charge is 0.354 e. The van der Waals surface area contributed by atoms with Crippen LogP contribution >= 0.6 is 11.3 Å². The van der Waals surface area contributed by atoms with Gasteiger partial charge in [0, 0.05) is 34.5 Å². The fourth-order valence-electron chi connectivity index (χ4n) is 2.18. The van der Waals surface area contributed by atoms with Gasteiger partial charge >= 0.3 is 0 Å². The van der Waals surface area contributed by atoms with E-state index in [9.17, 15) is 0 Å². The molecule has 0 aliphatic heterocycles. The number of anilines is 1. The van der Waals surface area contributed by atoms with Crippen LogP contribution in [0.25, 0.3) is 0 Å². The smallest absolute Gasteiger partial charge is 0.134 e. The molecule has 19 heavy (non-hydrogen) atoms. The summed E-state index contributed by atoms with van der Waals surface area (Å²) in [5.41, 5.74) is 1.07. The standard InChI is InChI=1S/C15H19N3S/c1-10-8-14(17-15(16-10)12-5-6-12)18(3)9-13-7-4-11(2)19-13/h4,7-8,12H,5-6,9H2,1-3H3. The van der Waals surface area contributed by atoms with Crippen molar-refractivity contribution in [1.29, 1.82) is 0 Å². The van der Waals surface area contributed by atoms with Crippen LogP contribution in [0.5, 0.6) is 0 Å². The molecule has 0 atom stereocenters. The van der Waals surface area contributed by atoms with Gasteiger partial charge in [-0.25, -0.2) is 9.97 Å². The van der Waals surface area contributed by atoms with Gasteiger partial charge in [0.15, 0.2) is 0 Å². The molecule has 0 spiro atoms. The minimum atomic E-state index is 0.607. The summed E-state index contributed by atoms with van der Waals surface area (Å²) in [6, 6.07) is 6.45. The van der Waals surface area contributed by atoms with Gasteiger partial charge in [-0.15, -0.1) is 11.3 Å². The zero-order valence-electron chi connectivity index (χ0n) is 11.7. The fraction of sp³-hybridized carbons (Fsp3) is 0.467. The van der Waals surface area contributed by atoms with Crippen molar-refractivity contribution in [3.63, 3.8) is 0 Å². The molecule has 1 fully saturated rings. The zero-order chi connectivity index (χ0) is 13.4. The van der Waals surface area contributed by atoms with Crippen molar-refractivity contribution in [3.8, 4) is 0 Å². The molecule has 3 rings (SSSR count).